The van der Waals surface area contributed by atoms with Gasteiger partial charge in [-0.1, -0.05) is 48.5 Å². The molecular weight excluding hydrogens is 352 g/mol. The van der Waals surface area contributed by atoms with Gasteiger partial charge in [0.15, 0.2) is 5.49 Å². The summed E-state index contributed by atoms with van der Waals surface area (Å²) in [6.45, 7) is 1.96. The van der Waals surface area contributed by atoms with Crippen LogP contribution in [-0.2, 0) is 0 Å². The minimum absolute atomic E-state index is 0.163. The van der Waals surface area contributed by atoms with Crippen molar-refractivity contribution in [1.29, 1.82) is 5.41 Å². The molecule has 1 aliphatic rings. The summed E-state index contributed by atoms with van der Waals surface area (Å²) in [6, 6.07) is 19.9. The number of hydrogen-bond donors (Lipinski definition) is 2. The molecule has 0 spiro atoms. The first-order valence-electron chi connectivity index (χ1n) is 8.94. The number of nitrogens with two attached hydrogens (primary N) is 1. The van der Waals surface area contributed by atoms with Crippen molar-refractivity contribution in [3.63, 3.8) is 0 Å². The van der Waals surface area contributed by atoms with Gasteiger partial charge in [0.1, 0.15) is 6.33 Å². The van der Waals surface area contributed by atoms with Gasteiger partial charge < -0.3 is 10.6 Å². The number of nitrogen functional groups attached to an aromatic ring is 1. The average Bonchev–Trinajstić information content (AvgIpc) is 3.07. The number of rotatable bonds is 2. The molecule has 0 amide bonds. The molecule has 7 nitrogen and oxygen atoms in total. The third-order valence-electron chi connectivity index (χ3n) is 5.01. The highest BCUT2D eigenvalue weighted by atomic mass is 16.5. The molecule has 0 saturated heterocycles. The van der Waals surface area contributed by atoms with E-state index in [1.165, 1.54) is 11.0 Å². The van der Waals surface area contributed by atoms with E-state index in [-0.39, 0.29) is 11.4 Å². The highest BCUT2D eigenvalue weighted by Crippen LogP contribution is 2.46. The number of para-hydroxylation sites is 1. The summed E-state index contributed by atoms with van der Waals surface area (Å²) in [5.74, 6) is 6.68. The summed E-state index contributed by atoms with van der Waals surface area (Å²) < 4.78 is 9.17. The van der Waals surface area contributed by atoms with E-state index in [1.54, 1.807) is 4.68 Å². The topological polar surface area (TPSA) is 94.7 Å². The quantitative estimate of drug-likeness (QED) is 0.467. The summed E-state index contributed by atoms with van der Waals surface area (Å²) in [5.41, 5.74) is 4.49. The highest BCUT2D eigenvalue weighted by Gasteiger charge is 2.36. The van der Waals surface area contributed by atoms with Crippen LogP contribution in [0.15, 0.2) is 67.0 Å². The standard InChI is InChI=1S/C21H18N6O/c1-13-16-17(14-8-4-2-5-9-14)18-19(22)26(23)12-24-20(18)28-21(16)27(25-13)15-10-6-3-7-11-15/h2-12,17,22H,23H2,1H3. The van der Waals surface area contributed by atoms with Crippen LogP contribution < -0.4 is 16.1 Å². The molecule has 0 saturated carbocycles. The van der Waals surface area contributed by atoms with Crippen LogP contribution in [0.1, 0.15) is 28.3 Å². The van der Waals surface area contributed by atoms with Gasteiger partial charge in [-0.3, -0.25) is 5.41 Å². The van der Waals surface area contributed by atoms with E-state index in [4.69, 9.17) is 21.1 Å². The summed E-state index contributed by atoms with van der Waals surface area (Å²) in [7, 11) is 0. The molecule has 3 N–H and O–H groups in total. The summed E-state index contributed by atoms with van der Waals surface area (Å²) >= 11 is 0. The summed E-state index contributed by atoms with van der Waals surface area (Å²) in [6.07, 6.45) is 1.39. The van der Waals surface area contributed by atoms with Gasteiger partial charge in [-0.25, -0.2) is 14.3 Å². The number of ether oxygens (including phenoxy) is 1. The maximum atomic E-state index is 8.53. The molecule has 0 bridgehead atoms. The molecule has 2 aromatic carbocycles. The predicted octanol–water partition coefficient (Wildman–Crippen LogP) is 2.86. The fourth-order valence-corrected chi connectivity index (χ4v) is 3.73. The second-order valence-electron chi connectivity index (χ2n) is 6.72. The zero-order chi connectivity index (χ0) is 19.3. The molecular formula is C21H18N6O. The molecule has 3 heterocycles. The van der Waals surface area contributed by atoms with Crippen LogP contribution in [0.2, 0.25) is 0 Å². The molecule has 5 rings (SSSR count). The number of fused-ring (bicyclic) bond motifs is 2. The Balaban J connectivity index is 1.82. The zero-order valence-corrected chi connectivity index (χ0v) is 15.2. The number of benzene rings is 2. The first kappa shape index (κ1) is 16.3. The summed E-state index contributed by atoms with van der Waals surface area (Å²) in [5, 5.41) is 13.3. The van der Waals surface area contributed by atoms with Gasteiger partial charge in [-0.05, 0) is 24.6 Å². The molecule has 1 aliphatic heterocycles. The lowest BCUT2D eigenvalue weighted by Gasteiger charge is -2.26. The van der Waals surface area contributed by atoms with E-state index < -0.39 is 0 Å². The van der Waals surface area contributed by atoms with Crippen LogP contribution in [0.5, 0.6) is 11.8 Å². The summed E-state index contributed by atoms with van der Waals surface area (Å²) in [4.78, 5) is 4.35. The number of aromatic nitrogens is 4. The first-order valence-corrected chi connectivity index (χ1v) is 8.94. The van der Waals surface area contributed by atoms with Crippen molar-refractivity contribution in [3.05, 3.63) is 94.9 Å². The second kappa shape index (κ2) is 6.09. The van der Waals surface area contributed by atoms with Crippen molar-refractivity contribution in [2.24, 2.45) is 0 Å². The average molecular weight is 370 g/mol. The van der Waals surface area contributed by atoms with Gasteiger partial charge in [0.05, 0.1) is 28.4 Å². The molecule has 0 radical (unpaired) electrons. The van der Waals surface area contributed by atoms with Gasteiger partial charge >= 0.3 is 0 Å². The Morgan fingerprint density at radius 1 is 1.00 bits per heavy atom. The maximum absolute atomic E-state index is 8.53. The van der Waals surface area contributed by atoms with Gasteiger partial charge in [0.25, 0.3) is 0 Å². The van der Waals surface area contributed by atoms with Crippen molar-refractivity contribution >= 4 is 0 Å². The van der Waals surface area contributed by atoms with Gasteiger partial charge in [-0.2, -0.15) is 5.10 Å². The second-order valence-corrected chi connectivity index (χ2v) is 6.72. The van der Waals surface area contributed by atoms with Crippen molar-refractivity contribution < 1.29 is 4.74 Å². The lowest BCUT2D eigenvalue weighted by Crippen LogP contribution is -2.34. The largest absolute Gasteiger partial charge is 0.420 e. The zero-order valence-electron chi connectivity index (χ0n) is 15.2. The van der Waals surface area contributed by atoms with Gasteiger partial charge in [0, 0.05) is 0 Å². The molecule has 138 valence electrons. The van der Waals surface area contributed by atoms with Crippen LogP contribution >= 0.6 is 0 Å². The van der Waals surface area contributed by atoms with E-state index >= 15 is 0 Å². The highest BCUT2D eigenvalue weighted by molar-refractivity contribution is 5.57. The van der Waals surface area contributed by atoms with E-state index in [0.29, 0.717) is 17.3 Å². The number of nitrogens with one attached hydrogen (secondary N) is 1. The molecule has 2 aromatic heterocycles. The van der Waals surface area contributed by atoms with Crippen molar-refractivity contribution in [2.45, 2.75) is 12.8 Å². The third kappa shape index (κ3) is 2.33. The Kier molecular flexibility index (Phi) is 3.55. The van der Waals surface area contributed by atoms with Crippen molar-refractivity contribution in [1.82, 2.24) is 19.4 Å². The van der Waals surface area contributed by atoms with Crippen LogP contribution in [0.3, 0.4) is 0 Å². The molecule has 0 fully saturated rings. The molecule has 0 aliphatic carbocycles. The van der Waals surface area contributed by atoms with Crippen molar-refractivity contribution in [2.75, 3.05) is 5.84 Å². The van der Waals surface area contributed by atoms with Crippen molar-refractivity contribution in [3.8, 4) is 17.4 Å². The Bertz CT molecular complexity index is 1230. The van der Waals surface area contributed by atoms with E-state index in [1.807, 2.05) is 67.6 Å². The van der Waals surface area contributed by atoms with Gasteiger partial charge in [0.2, 0.25) is 11.8 Å². The minimum Gasteiger partial charge on any atom is -0.420 e. The first-order chi connectivity index (χ1) is 13.6. The maximum Gasteiger partial charge on any atom is 0.230 e. The molecule has 28 heavy (non-hydrogen) atoms. The lowest BCUT2D eigenvalue weighted by atomic mass is 9.84. The Hall–Kier alpha value is -3.87. The molecule has 7 heteroatoms. The normalized spacial score (nSPS) is 14.8. The number of nitrogens with zero attached hydrogens (tertiary/aromatic N) is 4. The Labute approximate surface area is 161 Å². The Morgan fingerprint density at radius 3 is 2.39 bits per heavy atom. The van der Waals surface area contributed by atoms with Gasteiger partial charge in [-0.15, -0.1) is 0 Å². The van der Waals surface area contributed by atoms with Crippen LogP contribution in [0.25, 0.3) is 5.69 Å². The van der Waals surface area contributed by atoms with Crippen LogP contribution in [0, 0.1) is 12.3 Å². The number of hydrogen-bond acceptors (Lipinski definition) is 5. The molecule has 4 aromatic rings. The smallest absolute Gasteiger partial charge is 0.230 e. The SMILES string of the molecule is Cc1nn(-c2ccccc2)c2c1C(c1ccccc1)c1c(ncn(N)c1=N)O2. The Morgan fingerprint density at radius 2 is 1.68 bits per heavy atom. The van der Waals surface area contributed by atoms with Crippen LogP contribution in [0.4, 0.5) is 0 Å². The van der Waals surface area contributed by atoms with E-state index in [9.17, 15) is 0 Å². The van der Waals surface area contributed by atoms with E-state index in [2.05, 4.69) is 4.98 Å². The molecule has 1 atom stereocenters. The monoisotopic (exact) mass is 370 g/mol. The minimum atomic E-state index is -0.242. The van der Waals surface area contributed by atoms with E-state index in [0.717, 1.165) is 22.5 Å². The number of aryl methyl sites for hydroxylation is 1. The third-order valence-corrected chi connectivity index (χ3v) is 5.01. The molecule has 1 unspecified atom stereocenters. The lowest BCUT2D eigenvalue weighted by molar-refractivity contribution is 0.397. The fourth-order valence-electron chi connectivity index (χ4n) is 3.73. The fraction of sp³-hybridized carbons (Fsp3) is 0.0952. The predicted molar refractivity (Wildman–Crippen MR) is 104 cm³/mol. The van der Waals surface area contributed by atoms with Crippen LogP contribution in [-0.4, -0.2) is 19.4 Å².